The van der Waals surface area contributed by atoms with E-state index in [-0.39, 0.29) is 17.7 Å². The predicted octanol–water partition coefficient (Wildman–Crippen LogP) is 3.36. The van der Waals surface area contributed by atoms with Gasteiger partial charge in [-0.15, -0.1) is 0 Å². The summed E-state index contributed by atoms with van der Waals surface area (Å²) in [6, 6.07) is 16.3. The quantitative estimate of drug-likeness (QED) is 0.925. The fourth-order valence-corrected chi connectivity index (χ4v) is 3.13. The van der Waals surface area contributed by atoms with Crippen molar-refractivity contribution in [1.29, 1.82) is 5.26 Å². The SMILES string of the molecule is Cc1ccc(C(=O)N2CCCC(C(=O)Nc3ccc(C#N)cc3)C2)cc1. The molecule has 0 bridgehead atoms. The van der Waals surface area contributed by atoms with E-state index >= 15 is 0 Å². The number of carbonyl (C=O) groups is 2. The number of anilines is 1. The molecule has 0 radical (unpaired) electrons. The summed E-state index contributed by atoms with van der Waals surface area (Å²) >= 11 is 0. The second-order valence-electron chi connectivity index (χ2n) is 6.63. The standard InChI is InChI=1S/C21H21N3O2/c1-15-4-8-17(9-5-15)21(26)24-12-2-3-18(14-24)20(25)23-19-10-6-16(13-22)7-11-19/h4-11,18H,2-3,12,14H2,1H3,(H,23,25). The number of benzene rings is 2. The third-order valence-electron chi connectivity index (χ3n) is 4.66. The Morgan fingerprint density at radius 3 is 2.46 bits per heavy atom. The minimum Gasteiger partial charge on any atom is -0.338 e. The van der Waals surface area contributed by atoms with E-state index in [2.05, 4.69) is 11.4 Å². The fourth-order valence-electron chi connectivity index (χ4n) is 3.13. The molecule has 26 heavy (non-hydrogen) atoms. The largest absolute Gasteiger partial charge is 0.338 e. The average Bonchev–Trinajstić information content (AvgIpc) is 2.68. The monoisotopic (exact) mass is 347 g/mol. The molecule has 0 saturated carbocycles. The number of nitriles is 1. The zero-order valence-electron chi connectivity index (χ0n) is 14.7. The molecule has 1 N–H and O–H groups in total. The first kappa shape index (κ1) is 17.7. The van der Waals surface area contributed by atoms with Crippen molar-refractivity contribution in [3.05, 3.63) is 65.2 Å². The first-order valence-corrected chi connectivity index (χ1v) is 8.74. The second-order valence-corrected chi connectivity index (χ2v) is 6.63. The van der Waals surface area contributed by atoms with Gasteiger partial charge in [0.15, 0.2) is 0 Å². The molecule has 5 nitrogen and oxygen atoms in total. The Morgan fingerprint density at radius 1 is 1.12 bits per heavy atom. The topological polar surface area (TPSA) is 73.2 Å². The van der Waals surface area contributed by atoms with Crippen molar-refractivity contribution in [3.63, 3.8) is 0 Å². The van der Waals surface area contributed by atoms with Crippen LogP contribution >= 0.6 is 0 Å². The zero-order valence-corrected chi connectivity index (χ0v) is 14.7. The summed E-state index contributed by atoms with van der Waals surface area (Å²) in [5.41, 5.74) is 2.98. The van der Waals surface area contributed by atoms with E-state index in [1.165, 1.54) is 0 Å². The van der Waals surface area contributed by atoms with Crippen molar-refractivity contribution < 1.29 is 9.59 Å². The number of aryl methyl sites for hydroxylation is 1. The molecule has 2 aromatic carbocycles. The van der Waals surface area contributed by atoms with E-state index in [4.69, 9.17) is 5.26 Å². The van der Waals surface area contributed by atoms with Crippen molar-refractivity contribution in [1.82, 2.24) is 4.90 Å². The number of hydrogen-bond donors (Lipinski definition) is 1. The molecule has 0 aliphatic carbocycles. The highest BCUT2D eigenvalue weighted by molar-refractivity contribution is 5.96. The molecule has 0 spiro atoms. The van der Waals surface area contributed by atoms with Crippen LogP contribution in [0.1, 0.15) is 34.3 Å². The summed E-state index contributed by atoms with van der Waals surface area (Å²) < 4.78 is 0. The van der Waals surface area contributed by atoms with E-state index < -0.39 is 0 Å². The van der Waals surface area contributed by atoms with Crippen LogP contribution in [-0.2, 0) is 4.79 Å². The molecular weight excluding hydrogens is 326 g/mol. The van der Waals surface area contributed by atoms with Gasteiger partial charge in [-0.05, 0) is 56.2 Å². The number of nitrogens with one attached hydrogen (secondary N) is 1. The maximum atomic E-state index is 12.7. The summed E-state index contributed by atoms with van der Waals surface area (Å²) in [4.78, 5) is 27.0. The molecule has 5 heteroatoms. The third-order valence-corrected chi connectivity index (χ3v) is 4.66. The Balaban J connectivity index is 1.63. The number of piperidine rings is 1. The summed E-state index contributed by atoms with van der Waals surface area (Å²) in [5.74, 6) is -0.342. The number of hydrogen-bond acceptors (Lipinski definition) is 3. The molecule has 2 aromatic rings. The number of carbonyl (C=O) groups excluding carboxylic acids is 2. The lowest BCUT2D eigenvalue weighted by Crippen LogP contribution is -2.43. The van der Waals surface area contributed by atoms with Gasteiger partial charge in [0, 0.05) is 24.3 Å². The lowest BCUT2D eigenvalue weighted by Gasteiger charge is -2.32. The van der Waals surface area contributed by atoms with Gasteiger partial charge in [-0.1, -0.05) is 17.7 Å². The molecule has 1 unspecified atom stereocenters. The zero-order chi connectivity index (χ0) is 18.5. The Bertz CT molecular complexity index is 835. The van der Waals surface area contributed by atoms with E-state index in [0.29, 0.717) is 29.9 Å². The fraction of sp³-hybridized carbons (Fsp3) is 0.286. The molecule has 0 aromatic heterocycles. The van der Waals surface area contributed by atoms with Crippen LogP contribution in [0, 0.1) is 24.2 Å². The van der Waals surface area contributed by atoms with Crippen LogP contribution in [0.25, 0.3) is 0 Å². The minimum absolute atomic E-state index is 0.0270. The lowest BCUT2D eigenvalue weighted by molar-refractivity contribution is -0.121. The van der Waals surface area contributed by atoms with Crippen molar-refractivity contribution in [2.75, 3.05) is 18.4 Å². The normalized spacial score (nSPS) is 16.6. The number of rotatable bonds is 3. The number of amides is 2. The Labute approximate surface area is 153 Å². The Hall–Kier alpha value is -3.13. The smallest absolute Gasteiger partial charge is 0.253 e. The Morgan fingerprint density at radius 2 is 1.81 bits per heavy atom. The van der Waals surface area contributed by atoms with Crippen molar-refractivity contribution in [3.8, 4) is 6.07 Å². The highest BCUT2D eigenvalue weighted by Gasteiger charge is 2.29. The van der Waals surface area contributed by atoms with Crippen molar-refractivity contribution >= 4 is 17.5 Å². The van der Waals surface area contributed by atoms with E-state index in [9.17, 15) is 9.59 Å². The van der Waals surface area contributed by atoms with Crippen molar-refractivity contribution in [2.45, 2.75) is 19.8 Å². The van der Waals surface area contributed by atoms with Crippen LogP contribution in [0.4, 0.5) is 5.69 Å². The van der Waals surface area contributed by atoms with Gasteiger partial charge in [0.2, 0.25) is 5.91 Å². The molecule has 1 aliphatic rings. The summed E-state index contributed by atoms with van der Waals surface area (Å²) in [6.07, 6.45) is 1.57. The molecule has 1 fully saturated rings. The van der Waals surface area contributed by atoms with Gasteiger partial charge in [-0.3, -0.25) is 9.59 Å². The highest BCUT2D eigenvalue weighted by atomic mass is 16.2. The van der Waals surface area contributed by atoms with Gasteiger partial charge in [0.05, 0.1) is 17.6 Å². The maximum absolute atomic E-state index is 12.7. The molecule has 132 valence electrons. The van der Waals surface area contributed by atoms with Crippen LogP contribution in [0.3, 0.4) is 0 Å². The van der Waals surface area contributed by atoms with Gasteiger partial charge >= 0.3 is 0 Å². The molecule has 1 aliphatic heterocycles. The van der Waals surface area contributed by atoms with Crippen LogP contribution in [0.15, 0.2) is 48.5 Å². The minimum atomic E-state index is -0.228. The Kier molecular flexibility index (Phi) is 5.33. The predicted molar refractivity (Wildman–Crippen MR) is 99.6 cm³/mol. The van der Waals surface area contributed by atoms with Crippen LogP contribution in [-0.4, -0.2) is 29.8 Å². The van der Waals surface area contributed by atoms with Gasteiger partial charge in [-0.2, -0.15) is 5.26 Å². The molecular formula is C21H21N3O2. The second kappa shape index (κ2) is 7.83. The van der Waals surface area contributed by atoms with Gasteiger partial charge in [-0.25, -0.2) is 0 Å². The molecule has 1 saturated heterocycles. The number of nitrogens with zero attached hydrogens (tertiary/aromatic N) is 2. The molecule has 1 atom stereocenters. The molecule has 3 rings (SSSR count). The van der Waals surface area contributed by atoms with E-state index in [0.717, 1.165) is 18.4 Å². The van der Waals surface area contributed by atoms with Crippen LogP contribution in [0.5, 0.6) is 0 Å². The van der Waals surface area contributed by atoms with E-state index in [1.54, 1.807) is 29.2 Å². The first-order valence-electron chi connectivity index (χ1n) is 8.74. The average molecular weight is 347 g/mol. The maximum Gasteiger partial charge on any atom is 0.253 e. The molecule has 2 amide bonds. The third kappa shape index (κ3) is 4.09. The highest BCUT2D eigenvalue weighted by Crippen LogP contribution is 2.21. The van der Waals surface area contributed by atoms with Gasteiger partial charge < -0.3 is 10.2 Å². The van der Waals surface area contributed by atoms with Crippen LogP contribution in [0.2, 0.25) is 0 Å². The summed E-state index contributed by atoms with van der Waals surface area (Å²) in [5, 5.41) is 11.7. The first-order chi connectivity index (χ1) is 12.6. The van der Waals surface area contributed by atoms with Crippen molar-refractivity contribution in [2.24, 2.45) is 5.92 Å². The molecule has 1 heterocycles. The van der Waals surface area contributed by atoms with Gasteiger partial charge in [0.1, 0.15) is 0 Å². The number of likely N-dealkylation sites (tertiary alicyclic amines) is 1. The van der Waals surface area contributed by atoms with Crippen LogP contribution < -0.4 is 5.32 Å². The van der Waals surface area contributed by atoms with Gasteiger partial charge in [0.25, 0.3) is 5.91 Å². The summed E-state index contributed by atoms with van der Waals surface area (Å²) in [7, 11) is 0. The van der Waals surface area contributed by atoms with E-state index in [1.807, 2.05) is 31.2 Å². The lowest BCUT2D eigenvalue weighted by atomic mass is 9.96. The summed E-state index contributed by atoms with van der Waals surface area (Å²) in [6.45, 7) is 3.08.